The maximum absolute atomic E-state index is 13.9. The molecule has 1 N–H and O–H groups in total. The summed E-state index contributed by atoms with van der Waals surface area (Å²) in [5, 5.41) is 17.5. The van der Waals surface area contributed by atoms with Gasteiger partial charge in [-0.25, -0.2) is 14.1 Å². The molecule has 0 saturated heterocycles. The third-order valence-corrected chi connectivity index (χ3v) is 4.65. The fourth-order valence-electron chi connectivity index (χ4n) is 3.11. The number of nitro benzene ring substituents is 1. The van der Waals surface area contributed by atoms with E-state index in [1.807, 2.05) is 31.2 Å². The normalized spacial score (nSPS) is 10.9. The van der Waals surface area contributed by atoms with Crippen LogP contribution in [0.2, 0.25) is 0 Å². The van der Waals surface area contributed by atoms with Crippen molar-refractivity contribution in [3.63, 3.8) is 0 Å². The van der Waals surface area contributed by atoms with E-state index in [0.717, 1.165) is 34.0 Å². The number of aromatic nitrogens is 4. The molecule has 1 amide bonds. The minimum atomic E-state index is -0.834. The lowest BCUT2D eigenvalue weighted by Crippen LogP contribution is -2.28. The number of carbonyl (C=O) groups is 1. The zero-order chi connectivity index (χ0) is 22.1. The topological polar surface area (TPSA) is 125 Å². The van der Waals surface area contributed by atoms with E-state index < -0.39 is 28.8 Å². The Kier molecular flexibility index (Phi) is 4.99. The molecule has 10 nitrogen and oxygen atoms in total. The highest BCUT2D eigenvalue weighted by Gasteiger charge is 2.16. The average Bonchev–Trinajstić information content (AvgIpc) is 3.16. The summed E-state index contributed by atoms with van der Waals surface area (Å²) in [6, 6.07) is 10.2. The number of hydrogen-bond acceptors (Lipinski definition) is 6. The first-order valence-electron chi connectivity index (χ1n) is 9.08. The summed E-state index contributed by atoms with van der Waals surface area (Å²) in [7, 11) is 0. The molecule has 0 spiro atoms. The zero-order valence-corrected chi connectivity index (χ0v) is 16.2. The first-order chi connectivity index (χ1) is 14.8. The predicted molar refractivity (Wildman–Crippen MR) is 110 cm³/mol. The molecule has 11 heteroatoms. The highest BCUT2D eigenvalue weighted by atomic mass is 19.1. The third-order valence-electron chi connectivity index (χ3n) is 4.65. The SMILES string of the molecule is Cc1ccccc1-n1ncc2c(=O)n(CC(=O)Nc3cc([N+](=O)[O-])ccc3F)cnc21. The van der Waals surface area contributed by atoms with Crippen LogP contribution in [0.1, 0.15) is 5.56 Å². The van der Waals surface area contributed by atoms with Crippen molar-refractivity contribution >= 4 is 28.3 Å². The Bertz CT molecular complexity index is 1390. The minimum absolute atomic E-state index is 0.208. The molecule has 0 unspecified atom stereocenters. The van der Waals surface area contributed by atoms with E-state index in [2.05, 4.69) is 15.4 Å². The van der Waals surface area contributed by atoms with E-state index in [1.54, 1.807) is 0 Å². The number of nitro groups is 1. The number of halogens is 1. The number of anilines is 1. The quantitative estimate of drug-likeness (QED) is 0.389. The van der Waals surface area contributed by atoms with Gasteiger partial charge in [0.15, 0.2) is 5.65 Å². The Morgan fingerprint density at radius 1 is 1.26 bits per heavy atom. The monoisotopic (exact) mass is 422 g/mol. The van der Waals surface area contributed by atoms with Gasteiger partial charge >= 0.3 is 0 Å². The number of hydrogen-bond donors (Lipinski definition) is 1. The van der Waals surface area contributed by atoms with Gasteiger partial charge in [-0.15, -0.1) is 0 Å². The molecular weight excluding hydrogens is 407 g/mol. The Morgan fingerprint density at radius 2 is 2.03 bits per heavy atom. The number of para-hydroxylation sites is 1. The molecule has 0 aliphatic heterocycles. The van der Waals surface area contributed by atoms with E-state index in [1.165, 1.54) is 17.2 Å². The molecule has 0 radical (unpaired) electrons. The molecule has 2 aromatic carbocycles. The van der Waals surface area contributed by atoms with Crippen LogP contribution in [0.5, 0.6) is 0 Å². The third kappa shape index (κ3) is 3.75. The van der Waals surface area contributed by atoms with Gasteiger partial charge in [0.25, 0.3) is 11.2 Å². The van der Waals surface area contributed by atoms with Crippen molar-refractivity contribution in [3.05, 3.63) is 86.8 Å². The Hall–Kier alpha value is -4.41. The summed E-state index contributed by atoms with van der Waals surface area (Å²) in [6.45, 7) is 1.45. The van der Waals surface area contributed by atoms with E-state index >= 15 is 0 Å². The Labute approximate surface area is 173 Å². The number of amides is 1. The van der Waals surface area contributed by atoms with Crippen LogP contribution in [0.3, 0.4) is 0 Å². The van der Waals surface area contributed by atoms with Crippen LogP contribution < -0.4 is 10.9 Å². The van der Waals surface area contributed by atoms with Crippen molar-refractivity contribution in [2.75, 3.05) is 5.32 Å². The summed E-state index contributed by atoms with van der Waals surface area (Å²) in [5.74, 6) is -1.58. The second kappa shape index (κ2) is 7.78. The van der Waals surface area contributed by atoms with E-state index in [4.69, 9.17) is 0 Å². The van der Waals surface area contributed by atoms with Crippen molar-refractivity contribution in [1.29, 1.82) is 0 Å². The first-order valence-corrected chi connectivity index (χ1v) is 9.08. The lowest BCUT2D eigenvalue weighted by atomic mass is 10.2. The van der Waals surface area contributed by atoms with Gasteiger partial charge in [0.1, 0.15) is 24.1 Å². The van der Waals surface area contributed by atoms with Gasteiger partial charge in [-0.2, -0.15) is 5.10 Å². The number of aryl methyl sites for hydroxylation is 1. The van der Waals surface area contributed by atoms with Gasteiger partial charge in [0, 0.05) is 12.1 Å². The van der Waals surface area contributed by atoms with Crippen molar-refractivity contribution < 1.29 is 14.1 Å². The second-order valence-corrected chi connectivity index (χ2v) is 6.73. The van der Waals surface area contributed by atoms with Crippen LogP contribution in [0.25, 0.3) is 16.7 Å². The summed E-state index contributed by atoms with van der Waals surface area (Å²) in [4.78, 5) is 39.5. The highest BCUT2D eigenvalue weighted by Crippen LogP contribution is 2.21. The molecule has 2 aromatic heterocycles. The Morgan fingerprint density at radius 3 is 2.77 bits per heavy atom. The largest absolute Gasteiger partial charge is 0.322 e. The van der Waals surface area contributed by atoms with Crippen LogP contribution in [-0.4, -0.2) is 30.2 Å². The van der Waals surface area contributed by atoms with Crippen molar-refractivity contribution in [2.24, 2.45) is 0 Å². The molecule has 156 valence electrons. The van der Waals surface area contributed by atoms with Crippen molar-refractivity contribution in [3.8, 4) is 5.69 Å². The van der Waals surface area contributed by atoms with Crippen LogP contribution >= 0.6 is 0 Å². The number of carbonyl (C=O) groups excluding carboxylic acids is 1. The summed E-state index contributed by atoms with van der Waals surface area (Å²) < 4.78 is 16.5. The maximum Gasteiger partial charge on any atom is 0.271 e. The maximum atomic E-state index is 13.9. The summed E-state index contributed by atoms with van der Waals surface area (Å²) in [5.41, 5.74) is 0.812. The number of non-ortho nitro benzene ring substituents is 1. The molecule has 2 heterocycles. The van der Waals surface area contributed by atoms with Crippen LogP contribution in [0.4, 0.5) is 15.8 Å². The van der Waals surface area contributed by atoms with Crippen molar-refractivity contribution in [2.45, 2.75) is 13.5 Å². The number of nitrogens with zero attached hydrogens (tertiary/aromatic N) is 5. The van der Waals surface area contributed by atoms with Gasteiger partial charge in [0.05, 0.1) is 22.5 Å². The van der Waals surface area contributed by atoms with Gasteiger partial charge in [-0.3, -0.25) is 24.3 Å². The van der Waals surface area contributed by atoms with E-state index in [-0.39, 0.29) is 16.8 Å². The molecule has 31 heavy (non-hydrogen) atoms. The van der Waals surface area contributed by atoms with E-state index in [9.17, 15) is 24.1 Å². The molecule has 0 aliphatic carbocycles. The Balaban J connectivity index is 1.61. The van der Waals surface area contributed by atoms with Crippen LogP contribution in [0.15, 0.2) is 59.8 Å². The molecule has 4 rings (SSSR count). The number of nitrogens with one attached hydrogen (secondary N) is 1. The molecule has 0 bridgehead atoms. The molecule has 0 fully saturated rings. The van der Waals surface area contributed by atoms with Gasteiger partial charge < -0.3 is 5.32 Å². The van der Waals surface area contributed by atoms with Crippen LogP contribution in [-0.2, 0) is 11.3 Å². The molecular formula is C20H15FN6O4. The van der Waals surface area contributed by atoms with Gasteiger partial charge in [-0.05, 0) is 24.6 Å². The lowest BCUT2D eigenvalue weighted by Gasteiger charge is -2.09. The fourth-order valence-corrected chi connectivity index (χ4v) is 3.11. The fraction of sp³-hybridized carbons (Fsp3) is 0.100. The summed E-state index contributed by atoms with van der Waals surface area (Å²) in [6.07, 6.45) is 2.57. The van der Waals surface area contributed by atoms with E-state index in [0.29, 0.717) is 5.65 Å². The molecule has 0 saturated carbocycles. The average molecular weight is 422 g/mol. The van der Waals surface area contributed by atoms with Crippen molar-refractivity contribution in [1.82, 2.24) is 19.3 Å². The molecule has 4 aromatic rings. The predicted octanol–water partition coefficient (Wildman–Crippen LogP) is 2.58. The lowest BCUT2D eigenvalue weighted by molar-refractivity contribution is -0.384. The van der Waals surface area contributed by atoms with Gasteiger partial charge in [0.2, 0.25) is 5.91 Å². The number of rotatable bonds is 5. The van der Waals surface area contributed by atoms with Gasteiger partial charge in [-0.1, -0.05) is 18.2 Å². The molecule has 0 aliphatic rings. The van der Waals surface area contributed by atoms with Crippen LogP contribution in [0, 0.1) is 22.9 Å². The molecule has 0 atom stereocenters. The first kappa shape index (κ1) is 19.9. The number of fused-ring (bicyclic) bond motifs is 1. The minimum Gasteiger partial charge on any atom is -0.322 e. The number of benzene rings is 2. The smallest absolute Gasteiger partial charge is 0.271 e. The second-order valence-electron chi connectivity index (χ2n) is 6.73. The highest BCUT2D eigenvalue weighted by molar-refractivity contribution is 5.91. The zero-order valence-electron chi connectivity index (χ0n) is 16.2. The summed E-state index contributed by atoms with van der Waals surface area (Å²) >= 11 is 0. The standard InChI is InChI=1S/C20H15FN6O4/c1-12-4-2-3-5-17(12)26-19-14(9-23-26)20(29)25(11-22-19)10-18(28)24-16-8-13(27(30)31)6-7-15(16)21/h2-9,11H,10H2,1H3,(H,24,28).